The first-order valence-corrected chi connectivity index (χ1v) is 26.7. The molecule has 0 saturated heterocycles. The van der Waals surface area contributed by atoms with Crippen molar-refractivity contribution < 1.29 is 0 Å². The molecule has 4 heteroatoms. The Balaban J connectivity index is 1.09. The molecule has 14 rings (SSSR count). The van der Waals surface area contributed by atoms with Gasteiger partial charge in [-0.2, -0.15) is 0 Å². The average molecular weight is 974 g/mol. The van der Waals surface area contributed by atoms with Gasteiger partial charge < -0.3 is 14.4 Å². The monoisotopic (exact) mass is 973 g/mol. The summed E-state index contributed by atoms with van der Waals surface area (Å²) >= 11 is 0. The molecular weight excluding hydrogens is 918 g/mol. The standard InChI is InChI=1S/C72H56BN3/c1-71(2,53-25-13-7-14-26-53)55-37-43-62-66(45-55)74(57-39-33-51(34-40-57)49-21-9-5-10-22-49)68-47-59(76-64-31-19-17-29-60(64)61-30-18-20-32-65(61)76)48-69-70(68)73(62)63-44-38-56(72(3,4)54-27-15-8-16-28-54)46-67(63)75(69)58-41-35-52(36-42-58)50-23-11-6-12-24-50/h5-48H,1-4H3. The molecule has 12 aromatic rings. The average Bonchev–Trinajstić information content (AvgIpc) is 3.98. The van der Waals surface area contributed by atoms with Gasteiger partial charge in [-0.1, -0.05) is 234 Å². The Kier molecular flexibility index (Phi) is 10.6. The largest absolute Gasteiger partial charge is 0.311 e. The summed E-state index contributed by atoms with van der Waals surface area (Å²) in [6, 6.07) is 99.4. The fourth-order valence-corrected chi connectivity index (χ4v) is 12.5. The van der Waals surface area contributed by atoms with E-state index in [1.54, 1.807) is 0 Å². The molecule has 3 heterocycles. The maximum absolute atomic E-state index is 2.58. The lowest BCUT2D eigenvalue weighted by Gasteiger charge is -2.45. The third-order valence-corrected chi connectivity index (χ3v) is 16.8. The summed E-state index contributed by atoms with van der Waals surface area (Å²) in [7, 11) is 0. The Bertz CT molecular complexity index is 3880. The molecule has 0 radical (unpaired) electrons. The van der Waals surface area contributed by atoms with Gasteiger partial charge in [-0.05, 0) is 122 Å². The number of aromatic nitrogens is 1. The van der Waals surface area contributed by atoms with Gasteiger partial charge in [-0.15, -0.1) is 0 Å². The Morgan fingerprint density at radius 2 is 0.645 bits per heavy atom. The number of hydrogen-bond acceptors (Lipinski definition) is 2. The smallest absolute Gasteiger partial charge is 0.252 e. The summed E-state index contributed by atoms with van der Waals surface area (Å²) in [6.45, 7) is 9.39. The van der Waals surface area contributed by atoms with E-state index in [2.05, 4.69) is 309 Å². The van der Waals surface area contributed by atoms with Crippen molar-refractivity contribution in [1.29, 1.82) is 0 Å². The van der Waals surface area contributed by atoms with Crippen LogP contribution in [0.1, 0.15) is 49.9 Å². The predicted molar refractivity (Wildman–Crippen MR) is 323 cm³/mol. The van der Waals surface area contributed by atoms with Crippen LogP contribution in [0.15, 0.2) is 267 Å². The minimum atomic E-state index is -0.277. The van der Waals surface area contributed by atoms with Gasteiger partial charge in [0.1, 0.15) is 0 Å². The van der Waals surface area contributed by atoms with E-state index in [-0.39, 0.29) is 17.5 Å². The molecule has 2 aliphatic rings. The third-order valence-electron chi connectivity index (χ3n) is 16.8. The Morgan fingerprint density at radius 1 is 0.289 bits per heavy atom. The second-order valence-electron chi connectivity index (χ2n) is 21.7. The molecule has 362 valence electrons. The lowest BCUT2D eigenvalue weighted by molar-refractivity contribution is 0.641. The van der Waals surface area contributed by atoms with Gasteiger partial charge in [-0.25, -0.2) is 0 Å². The van der Waals surface area contributed by atoms with Gasteiger partial charge in [0, 0.05) is 55.7 Å². The van der Waals surface area contributed by atoms with Crippen molar-refractivity contribution in [1.82, 2.24) is 4.57 Å². The maximum atomic E-state index is 2.58. The van der Waals surface area contributed by atoms with Crippen LogP contribution in [0.3, 0.4) is 0 Å². The van der Waals surface area contributed by atoms with Crippen LogP contribution in [-0.4, -0.2) is 11.3 Å². The lowest BCUT2D eigenvalue weighted by atomic mass is 9.33. The molecule has 0 atom stereocenters. The van der Waals surface area contributed by atoms with Crippen LogP contribution in [0, 0.1) is 0 Å². The van der Waals surface area contributed by atoms with E-state index in [1.165, 1.54) is 105 Å². The van der Waals surface area contributed by atoms with Crippen LogP contribution in [0.25, 0.3) is 49.7 Å². The summed E-state index contributed by atoms with van der Waals surface area (Å²) in [5, 5.41) is 2.47. The molecule has 1 aromatic heterocycles. The Hall–Kier alpha value is -9.12. The van der Waals surface area contributed by atoms with Crippen molar-refractivity contribution in [2.45, 2.75) is 38.5 Å². The minimum absolute atomic E-state index is 0.0790. The van der Waals surface area contributed by atoms with Gasteiger partial charge in [0.2, 0.25) is 0 Å². The quantitative estimate of drug-likeness (QED) is 0.134. The molecule has 76 heavy (non-hydrogen) atoms. The highest BCUT2D eigenvalue weighted by Crippen LogP contribution is 2.49. The number of anilines is 6. The molecule has 2 aliphatic heterocycles. The van der Waals surface area contributed by atoms with Crippen LogP contribution in [0.5, 0.6) is 0 Å². The lowest BCUT2D eigenvalue weighted by Crippen LogP contribution is -2.61. The number of benzene rings is 11. The zero-order chi connectivity index (χ0) is 51.1. The number of nitrogens with zero attached hydrogens (tertiary/aromatic N) is 3. The van der Waals surface area contributed by atoms with Crippen LogP contribution < -0.4 is 26.2 Å². The number of rotatable bonds is 9. The third kappa shape index (κ3) is 7.27. The molecular formula is C72H56BN3. The highest BCUT2D eigenvalue weighted by atomic mass is 15.2. The van der Waals surface area contributed by atoms with E-state index >= 15 is 0 Å². The molecule has 0 N–H and O–H groups in total. The van der Waals surface area contributed by atoms with Gasteiger partial charge in [0.05, 0.1) is 16.7 Å². The molecule has 0 unspecified atom stereocenters. The molecule has 0 aliphatic carbocycles. The highest BCUT2D eigenvalue weighted by molar-refractivity contribution is 7.00. The number of para-hydroxylation sites is 2. The van der Waals surface area contributed by atoms with Crippen molar-refractivity contribution in [2.24, 2.45) is 0 Å². The van der Waals surface area contributed by atoms with Gasteiger partial charge >= 0.3 is 0 Å². The van der Waals surface area contributed by atoms with E-state index in [1.807, 2.05) is 0 Å². The first kappa shape index (κ1) is 45.5. The topological polar surface area (TPSA) is 11.4 Å². The molecule has 0 spiro atoms. The summed E-state index contributed by atoms with van der Waals surface area (Å²) in [6.07, 6.45) is 0. The molecule has 0 amide bonds. The van der Waals surface area contributed by atoms with E-state index in [0.717, 1.165) is 17.1 Å². The Morgan fingerprint density at radius 3 is 1.05 bits per heavy atom. The van der Waals surface area contributed by atoms with Gasteiger partial charge in [-0.3, -0.25) is 0 Å². The summed E-state index contributed by atoms with van der Waals surface area (Å²) in [4.78, 5) is 5.16. The van der Waals surface area contributed by atoms with E-state index in [4.69, 9.17) is 0 Å². The highest BCUT2D eigenvalue weighted by Gasteiger charge is 2.45. The van der Waals surface area contributed by atoms with Crippen LogP contribution >= 0.6 is 0 Å². The SMILES string of the molecule is CC(C)(c1ccccc1)c1ccc2c(c1)N(c1ccc(-c3ccccc3)cc1)c1cc(-n3c4ccccc4c4ccccc43)cc3c1B2c1ccc(C(C)(C)c2ccccc2)cc1N3c1ccc(-c2ccccc2)cc1. The summed E-state index contributed by atoms with van der Waals surface area (Å²) < 4.78 is 2.50. The fourth-order valence-electron chi connectivity index (χ4n) is 12.5. The van der Waals surface area contributed by atoms with Crippen LogP contribution in [0.2, 0.25) is 0 Å². The normalized spacial score (nSPS) is 12.9. The zero-order valence-corrected chi connectivity index (χ0v) is 43.3. The Labute approximate surface area is 446 Å². The molecule has 3 nitrogen and oxygen atoms in total. The zero-order valence-electron chi connectivity index (χ0n) is 43.3. The maximum Gasteiger partial charge on any atom is 0.252 e. The summed E-state index contributed by atoms with van der Waals surface area (Å²) in [5.41, 5.74) is 23.6. The fraction of sp³-hybridized carbons (Fsp3) is 0.0833. The van der Waals surface area contributed by atoms with Gasteiger partial charge in [0.25, 0.3) is 6.71 Å². The first-order chi connectivity index (χ1) is 37.2. The molecule has 0 saturated carbocycles. The molecule has 0 bridgehead atoms. The molecule has 11 aromatic carbocycles. The predicted octanol–water partition coefficient (Wildman–Crippen LogP) is 16.9. The number of fused-ring (bicyclic) bond motifs is 7. The second-order valence-corrected chi connectivity index (χ2v) is 21.7. The molecule has 0 fully saturated rings. The van der Waals surface area contributed by atoms with Gasteiger partial charge in [0.15, 0.2) is 0 Å². The van der Waals surface area contributed by atoms with Crippen LogP contribution in [0.4, 0.5) is 34.1 Å². The van der Waals surface area contributed by atoms with Crippen LogP contribution in [-0.2, 0) is 10.8 Å². The second kappa shape index (κ2) is 17.8. The van der Waals surface area contributed by atoms with E-state index in [9.17, 15) is 0 Å². The van der Waals surface area contributed by atoms with Crippen molar-refractivity contribution in [3.63, 3.8) is 0 Å². The van der Waals surface area contributed by atoms with Crippen molar-refractivity contribution in [3.05, 3.63) is 289 Å². The first-order valence-electron chi connectivity index (χ1n) is 26.7. The number of hydrogen-bond donors (Lipinski definition) is 0. The van der Waals surface area contributed by atoms with E-state index in [0.29, 0.717) is 0 Å². The van der Waals surface area contributed by atoms with Crippen molar-refractivity contribution in [2.75, 3.05) is 9.80 Å². The summed E-state index contributed by atoms with van der Waals surface area (Å²) in [5.74, 6) is 0. The van der Waals surface area contributed by atoms with Crippen molar-refractivity contribution >= 4 is 79.0 Å². The van der Waals surface area contributed by atoms with Crippen molar-refractivity contribution in [3.8, 4) is 27.9 Å². The minimum Gasteiger partial charge on any atom is -0.311 e. The van der Waals surface area contributed by atoms with E-state index < -0.39 is 0 Å².